The third-order valence-corrected chi connectivity index (χ3v) is 4.06. The average molecular weight is 265 g/mol. The fourth-order valence-corrected chi connectivity index (χ4v) is 2.77. The van der Waals surface area contributed by atoms with Crippen molar-refractivity contribution in [3.05, 3.63) is 35.9 Å². The van der Waals surface area contributed by atoms with E-state index in [1.165, 1.54) is 0 Å². The standard InChI is InChI=1S/C14H19NO2S/c1-17-9-10-18-13(11-5-3-2-4-6-11)14(16)15-12-7-8-12/h2-6,12-13H,7-10H2,1H3,(H,15,16)/t13-/m0/s1. The summed E-state index contributed by atoms with van der Waals surface area (Å²) in [5.41, 5.74) is 1.07. The van der Waals surface area contributed by atoms with Gasteiger partial charge >= 0.3 is 0 Å². The second-order valence-electron chi connectivity index (χ2n) is 4.44. The molecule has 4 heteroatoms. The number of nitrogens with one attached hydrogen (secondary N) is 1. The van der Waals surface area contributed by atoms with Gasteiger partial charge in [-0.2, -0.15) is 0 Å². The molecule has 0 heterocycles. The lowest BCUT2D eigenvalue weighted by Gasteiger charge is -2.16. The van der Waals surface area contributed by atoms with Crippen molar-refractivity contribution in [2.75, 3.05) is 19.5 Å². The Bertz CT molecular complexity index is 379. The zero-order valence-corrected chi connectivity index (χ0v) is 11.4. The number of carbonyl (C=O) groups is 1. The van der Waals surface area contributed by atoms with E-state index in [1.807, 2.05) is 30.3 Å². The fourth-order valence-electron chi connectivity index (χ4n) is 1.70. The number of thioether (sulfide) groups is 1. The van der Waals surface area contributed by atoms with Crippen LogP contribution in [0.2, 0.25) is 0 Å². The number of hydrogen-bond acceptors (Lipinski definition) is 3. The molecule has 1 saturated carbocycles. The van der Waals surface area contributed by atoms with E-state index in [2.05, 4.69) is 5.32 Å². The molecule has 1 fully saturated rings. The number of ether oxygens (including phenoxy) is 1. The Morgan fingerprint density at radius 2 is 2.17 bits per heavy atom. The summed E-state index contributed by atoms with van der Waals surface area (Å²) in [5, 5.41) is 2.96. The monoisotopic (exact) mass is 265 g/mol. The molecule has 1 aliphatic rings. The molecule has 18 heavy (non-hydrogen) atoms. The van der Waals surface area contributed by atoms with Crippen molar-refractivity contribution < 1.29 is 9.53 Å². The Morgan fingerprint density at radius 3 is 2.78 bits per heavy atom. The largest absolute Gasteiger partial charge is 0.384 e. The molecule has 1 aliphatic carbocycles. The molecule has 1 N–H and O–H groups in total. The Kier molecular flexibility index (Phi) is 5.08. The van der Waals surface area contributed by atoms with Gasteiger partial charge in [-0.25, -0.2) is 0 Å². The van der Waals surface area contributed by atoms with Crippen molar-refractivity contribution in [2.24, 2.45) is 0 Å². The minimum atomic E-state index is -0.123. The summed E-state index contributed by atoms with van der Waals surface area (Å²) in [4.78, 5) is 12.2. The molecule has 0 aliphatic heterocycles. The molecular weight excluding hydrogens is 246 g/mol. The summed E-state index contributed by atoms with van der Waals surface area (Å²) >= 11 is 1.64. The molecule has 0 spiro atoms. The zero-order chi connectivity index (χ0) is 12.8. The van der Waals surface area contributed by atoms with Gasteiger partial charge in [-0.05, 0) is 18.4 Å². The zero-order valence-electron chi connectivity index (χ0n) is 10.6. The van der Waals surface area contributed by atoms with Gasteiger partial charge in [-0.3, -0.25) is 4.79 Å². The number of methoxy groups -OCH3 is 1. The summed E-state index contributed by atoms with van der Waals surface area (Å²) < 4.78 is 5.05. The number of rotatable bonds is 7. The molecule has 0 unspecified atom stereocenters. The maximum Gasteiger partial charge on any atom is 0.237 e. The Morgan fingerprint density at radius 1 is 1.44 bits per heavy atom. The van der Waals surface area contributed by atoms with Gasteiger partial charge in [0.25, 0.3) is 0 Å². The Balaban J connectivity index is 1.99. The van der Waals surface area contributed by atoms with E-state index in [0.717, 1.165) is 24.2 Å². The maximum atomic E-state index is 12.2. The third-order valence-electron chi connectivity index (χ3n) is 2.84. The van der Waals surface area contributed by atoms with Gasteiger partial charge in [0.05, 0.1) is 6.61 Å². The van der Waals surface area contributed by atoms with E-state index in [9.17, 15) is 4.79 Å². The summed E-state index contributed by atoms with van der Waals surface area (Å²) in [5.74, 6) is 0.957. The molecule has 0 radical (unpaired) electrons. The highest BCUT2D eigenvalue weighted by Gasteiger charge is 2.28. The highest BCUT2D eigenvalue weighted by Crippen LogP contribution is 2.30. The second-order valence-corrected chi connectivity index (χ2v) is 5.65. The fraction of sp³-hybridized carbons (Fsp3) is 0.500. The van der Waals surface area contributed by atoms with Crippen LogP contribution in [0.25, 0.3) is 0 Å². The van der Waals surface area contributed by atoms with Gasteiger partial charge in [-0.15, -0.1) is 11.8 Å². The molecule has 3 nitrogen and oxygen atoms in total. The molecule has 1 atom stereocenters. The van der Waals surface area contributed by atoms with Gasteiger partial charge in [0.2, 0.25) is 5.91 Å². The molecule has 2 rings (SSSR count). The molecular formula is C14H19NO2S. The van der Waals surface area contributed by atoms with Crippen molar-refractivity contribution >= 4 is 17.7 Å². The minimum Gasteiger partial charge on any atom is -0.384 e. The highest BCUT2D eigenvalue weighted by atomic mass is 32.2. The van der Waals surface area contributed by atoms with Gasteiger partial charge in [0.15, 0.2) is 0 Å². The first kappa shape index (κ1) is 13.4. The second kappa shape index (κ2) is 6.81. The van der Waals surface area contributed by atoms with Crippen molar-refractivity contribution in [1.82, 2.24) is 5.32 Å². The highest BCUT2D eigenvalue weighted by molar-refractivity contribution is 8.00. The van der Waals surface area contributed by atoms with Crippen LogP contribution in [-0.4, -0.2) is 31.4 Å². The van der Waals surface area contributed by atoms with E-state index in [0.29, 0.717) is 12.6 Å². The van der Waals surface area contributed by atoms with Crippen molar-refractivity contribution in [3.63, 3.8) is 0 Å². The van der Waals surface area contributed by atoms with E-state index in [1.54, 1.807) is 18.9 Å². The van der Waals surface area contributed by atoms with Crippen LogP contribution in [0.5, 0.6) is 0 Å². The first-order valence-electron chi connectivity index (χ1n) is 6.27. The summed E-state index contributed by atoms with van der Waals surface area (Å²) in [6.07, 6.45) is 2.24. The predicted octanol–water partition coefficient (Wildman–Crippen LogP) is 2.39. The van der Waals surface area contributed by atoms with Crippen LogP contribution >= 0.6 is 11.8 Å². The lowest BCUT2D eigenvalue weighted by atomic mass is 10.1. The van der Waals surface area contributed by atoms with Crippen molar-refractivity contribution in [2.45, 2.75) is 24.1 Å². The normalized spacial score (nSPS) is 16.3. The first-order valence-corrected chi connectivity index (χ1v) is 7.32. The quantitative estimate of drug-likeness (QED) is 0.769. The number of hydrogen-bond donors (Lipinski definition) is 1. The minimum absolute atomic E-state index is 0.123. The van der Waals surface area contributed by atoms with Crippen molar-refractivity contribution in [3.8, 4) is 0 Å². The van der Waals surface area contributed by atoms with Crippen LogP contribution in [0.1, 0.15) is 23.7 Å². The first-order chi connectivity index (χ1) is 8.81. The summed E-state index contributed by atoms with van der Waals surface area (Å²) in [6.45, 7) is 0.671. The van der Waals surface area contributed by atoms with E-state index in [-0.39, 0.29) is 11.2 Å². The van der Waals surface area contributed by atoms with Gasteiger partial charge in [0.1, 0.15) is 5.25 Å². The number of carbonyl (C=O) groups excluding carboxylic acids is 1. The van der Waals surface area contributed by atoms with Crippen LogP contribution < -0.4 is 5.32 Å². The SMILES string of the molecule is COCCS[C@H](C(=O)NC1CC1)c1ccccc1. The molecule has 0 saturated heterocycles. The number of benzene rings is 1. The van der Waals surface area contributed by atoms with E-state index in [4.69, 9.17) is 4.74 Å². The van der Waals surface area contributed by atoms with Crippen LogP contribution in [-0.2, 0) is 9.53 Å². The smallest absolute Gasteiger partial charge is 0.237 e. The lowest BCUT2D eigenvalue weighted by molar-refractivity contribution is -0.120. The van der Waals surface area contributed by atoms with Crippen LogP contribution in [0.15, 0.2) is 30.3 Å². The molecule has 1 aromatic rings. The van der Waals surface area contributed by atoms with E-state index >= 15 is 0 Å². The van der Waals surface area contributed by atoms with Gasteiger partial charge in [0, 0.05) is 18.9 Å². The third kappa shape index (κ3) is 4.03. The Hall–Kier alpha value is -1.00. The predicted molar refractivity (Wildman–Crippen MR) is 74.7 cm³/mol. The summed E-state index contributed by atoms with van der Waals surface area (Å²) in [7, 11) is 1.68. The lowest BCUT2D eigenvalue weighted by Crippen LogP contribution is -2.30. The topological polar surface area (TPSA) is 38.3 Å². The average Bonchev–Trinajstić information content (AvgIpc) is 3.19. The maximum absolute atomic E-state index is 12.2. The molecule has 0 aromatic heterocycles. The van der Waals surface area contributed by atoms with E-state index < -0.39 is 0 Å². The molecule has 0 bridgehead atoms. The van der Waals surface area contributed by atoms with Gasteiger partial charge < -0.3 is 10.1 Å². The molecule has 1 aromatic carbocycles. The van der Waals surface area contributed by atoms with Gasteiger partial charge in [-0.1, -0.05) is 30.3 Å². The number of amides is 1. The Labute approximate surface area is 112 Å². The van der Waals surface area contributed by atoms with Crippen LogP contribution in [0.3, 0.4) is 0 Å². The van der Waals surface area contributed by atoms with Crippen molar-refractivity contribution in [1.29, 1.82) is 0 Å². The van der Waals surface area contributed by atoms with Crippen LogP contribution in [0.4, 0.5) is 0 Å². The molecule has 1 amide bonds. The van der Waals surface area contributed by atoms with Crippen LogP contribution in [0, 0.1) is 0 Å². The molecule has 98 valence electrons. The summed E-state index contributed by atoms with van der Waals surface area (Å²) in [6, 6.07) is 10.4.